The number of benzene rings is 1. The Kier molecular flexibility index (Phi) is 5.91. The third kappa shape index (κ3) is 3.28. The molecule has 0 fully saturated rings. The lowest BCUT2D eigenvalue weighted by Crippen LogP contribution is -2.36. The fourth-order valence-corrected chi connectivity index (χ4v) is 3.52. The van der Waals surface area contributed by atoms with E-state index in [1.54, 1.807) is 0 Å². The third-order valence-electron chi connectivity index (χ3n) is 2.09. The van der Waals surface area contributed by atoms with E-state index in [9.17, 15) is 9.13 Å². The van der Waals surface area contributed by atoms with E-state index in [0.29, 0.717) is 0 Å². The quantitative estimate of drug-likeness (QED) is 0.526. The van der Waals surface area contributed by atoms with Gasteiger partial charge in [0.05, 0.1) is 0 Å². The molecule has 6 N–H and O–H groups in total. The summed E-state index contributed by atoms with van der Waals surface area (Å²) in [5.41, 5.74) is 4.94. The fourth-order valence-electron chi connectivity index (χ4n) is 1.19. The number of hydrogen-bond acceptors (Lipinski definition) is 3. The zero-order valence-electron chi connectivity index (χ0n) is 9.96. The standard InChI is InChI=1S/C7H11NO6P2.C2H6/c8-7(15(9,10)11,16(12,13)14)6-4-2-1-3-5-6;1-2/h1-5H,8H2,(H2,9,10,11)(H2,12,13,14);1-2H3. The van der Waals surface area contributed by atoms with Crippen molar-refractivity contribution < 1.29 is 28.7 Å². The molecule has 0 aliphatic heterocycles. The van der Waals surface area contributed by atoms with Gasteiger partial charge in [0, 0.05) is 0 Å². The smallest absolute Gasteiger partial charge is 0.322 e. The molecule has 0 amide bonds. The molecule has 0 atom stereocenters. The second-order valence-electron chi connectivity index (χ2n) is 3.18. The van der Waals surface area contributed by atoms with Crippen molar-refractivity contribution in [1.82, 2.24) is 0 Å². The van der Waals surface area contributed by atoms with E-state index in [1.807, 2.05) is 13.8 Å². The monoisotopic (exact) mass is 297 g/mol. The molecule has 1 rings (SSSR count). The number of rotatable bonds is 3. The van der Waals surface area contributed by atoms with Gasteiger partial charge >= 0.3 is 15.2 Å². The summed E-state index contributed by atoms with van der Waals surface area (Å²) in [4.78, 5) is 36.1. The molecule has 1 aromatic rings. The third-order valence-corrected chi connectivity index (χ3v) is 5.94. The summed E-state index contributed by atoms with van der Waals surface area (Å²) in [6.45, 7) is 4.00. The number of nitrogens with two attached hydrogens (primary N) is 1. The minimum atomic E-state index is -5.22. The van der Waals surface area contributed by atoms with Crippen molar-refractivity contribution in [2.45, 2.75) is 18.9 Å². The Morgan fingerprint density at radius 1 is 0.944 bits per heavy atom. The van der Waals surface area contributed by atoms with Crippen LogP contribution in [0.15, 0.2) is 30.3 Å². The first kappa shape index (κ1) is 17.5. The SMILES string of the molecule is CC.NC(c1ccccc1)(P(=O)(O)O)P(=O)(O)O. The Bertz CT molecular complexity index is 443. The van der Waals surface area contributed by atoms with Crippen LogP contribution in [0.5, 0.6) is 0 Å². The summed E-state index contributed by atoms with van der Waals surface area (Å²) in [5.74, 6) is 0. The Labute approximate surface area is 105 Å². The summed E-state index contributed by atoms with van der Waals surface area (Å²) < 4.78 is 22.4. The van der Waals surface area contributed by atoms with Crippen LogP contribution in [0, 0.1) is 0 Å². The Morgan fingerprint density at radius 2 is 1.28 bits per heavy atom. The lowest BCUT2D eigenvalue weighted by atomic mass is 10.2. The van der Waals surface area contributed by atoms with Crippen molar-refractivity contribution in [3.05, 3.63) is 35.9 Å². The Balaban J connectivity index is 0.00000137. The van der Waals surface area contributed by atoms with Crippen molar-refractivity contribution in [1.29, 1.82) is 0 Å². The minimum Gasteiger partial charge on any atom is -0.322 e. The molecule has 0 aliphatic rings. The molecule has 104 valence electrons. The van der Waals surface area contributed by atoms with Crippen LogP contribution in [0.2, 0.25) is 0 Å². The highest BCUT2D eigenvalue weighted by Gasteiger charge is 2.58. The van der Waals surface area contributed by atoms with Gasteiger partial charge in [-0.2, -0.15) is 0 Å². The average Bonchev–Trinajstić information content (AvgIpc) is 2.29. The van der Waals surface area contributed by atoms with Crippen molar-refractivity contribution in [2.24, 2.45) is 5.73 Å². The first-order valence-corrected chi connectivity index (χ1v) is 8.29. The summed E-state index contributed by atoms with van der Waals surface area (Å²) in [5, 5.41) is -3.00. The van der Waals surface area contributed by atoms with Gasteiger partial charge < -0.3 is 25.3 Å². The summed E-state index contributed by atoms with van der Waals surface area (Å²) in [7, 11) is -10.4. The second kappa shape index (κ2) is 6.08. The summed E-state index contributed by atoms with van der Waals surface area (Å²) in [6, 6.07) is 6.59. The lowest BCUT2D eigenvalue weighted by molar-refractivity contribution is 0.310. The van der Waals surface area contributed by atoms with Crippen LogP contribution in [0.25, 0.3) is 0 Å². The van der Waals surface area contributed by atoms with Gasteiger partial charge in [-0.15, -0.1) is 0 Å². The molecule has 18 heavy (non-hydrogen) atoms. The molecule has 0 heterocycles. The zero-order chi connectivity index (χ0) is 14.6. The largest absolute Gasteiger partial charge is 0.362 e. The molecular weight excluding hydrogens is 280 g/mol. The van der Waals surface area contributed by atoms with Gasteiger partial charge in [0.2, 0.25) is 5.02 Å². The maximum atomic E-state index is 11.2. The van der Waals surface area contributed by atoms with Gasteiger partial charge in [0.1, 0.15) is 0 Å². The molecule has 0 saturated heterocycles. The van der Waals surface area contributed by atoms with E-state index < -0.39 is 20.2 Å². The molecule has 0 bridgehead atoms. The Hall–Kier alpha value is -0.520. The topological polar surface area (TPSA) is 141 Å². The highest BCUT2D eigenvalue weighted by Crippen LogP contribution is 2.71. The van der Waals surface area contributed by atoms with Crippen molar-refractivity contribution in [2.75, 3.05) is 0 Å². The van der Waals surface area contributed by atoms with E-state index in [-0.39, 0.29) is 5.56 Å². The van der Waals surface area contributed by atoms with Gasteiger partial charge in [-0.05, 0) is 5.56 Å². The van der Waals surface area contributed by atoms with Gasteiger partial charge in [0.15, 0.2) is 0 Å². The van der Waals surface area contributed by atoms with E-state index in [4.69, 9.17) is 25.3 Å². The minimum absolute atomic E-state index is 0.309. The van der Waals surface area contributed by atoms with Crippen LogP contribution in [0.4, 0.5) is 0 Å². The van der Waals surface area contributed by atoms with Gasteiger partial charge in [-0.1, -0.05) is 44.2 Å². The predicted octanol–water partition coefficient (Wildman–Crippen LogP) is 1.14. The van der Waals surface area contributed by atoms with E-state index >= 15 is 0 Å². The maximum absolute atomic E-state index is 11.2. The van der Waals surface area contributed by atoms with Crippen molar-refractivity contribution >= 4 is 15.2 Å². The van der Waals surface area contributed by atoms with E-state index in [0.717, 1.165) is 12.1 Å². The van der Waals surface area contributed by atoms with Crippen molar-refractivity contribution in [3.63, 3.8) is 0 Å². The molecule has 0 saturated carbocycles. The van der Waals surface area contributed by atoms with E-state index in [1.165, 1.54) is 18.2 Å². The fraction of sp³-hybridized carbons (Fsp3) is 0.333. The maximum Gasteiger partial charge on any atom is 0.362 e. The molecule has 0 spiro atoms. The molecule has 7 nitrogen and oxygen atoms in total. The Morgan fingerprint density at radius 3 is 1.56 bits per heavy atom. The van der Waals surface area contributed by atoms with Gasteiger partial charge in [0.25, 0.3) is 0 Å². The first-order chi connectivity index (χ1) is 8.11. The predicted molar refractivity (Wildman–Crippen MR) is 67.7 cm³/mol. The van der Waals surface area contributed by atoms with Gasteiger partial charge in [-0.25, -0.2) is 0 Å². The highest BCUT2D eigenvalue weighted by molar-refractivity contribution is 7.71. The highest BCUT2D eigenvalue weighted by atomic mass is 31.2. The van der Waals surface area contributed by atoms with Crippen LogP contribution in [0.3, 0.4) is 0 Å². The van der Waals surface area contributed by atoms with Crippen LogP contribution in [-0.2, 0) is 14.2 Å². The van der Waals surface area contributed by atoms with Crippen LogP contribution in [0.1, 0.15) is 19.4 Å². The average molecular weight is 297 g/mol. The van der Waals surface area contributed by atoms with Crippen molar-refractivity contribution in [3.8, 4) is 0 Å². The molecular formula is C9H17NO6P2. The van der Waals surface area contributed by atoms with Crippen LogP contribution in [-0.4, -0.2) is 19.6 Å². The second-order valence-corrected chi connectivity index (χ2v) is 7.12. The number of hydrogen-bond donors (Lipinski definition) is 5. The van der Waals surface area contributed by atoms with E-state index in [2.05, 4.69) is 0 Å². The molecule has 0 aromatic heterocycles. The molecule has 0 unspecified atom stereocenters. The molecule has 0 aliphatic carbocycles. The van der Waals surface area contributed by atoms with Crippen LogP contribution >= 0.6 is 15.2 Å². The van der Waals surface area contributed by atoms with Crippen LogP contribution < -0.4 is 5.73 Å². The molecule has 0 radical (unpaired) electrons. The lowest BCUT2D eigenvalue weighted by Gasteiger charge is -2.30. The molecule has 1 aromatic carbocycles. The molecule has 9 heteroatoms. The zero-order valence-corrected chi connectivity index (χ0v) is 11.8. The first-order valence-electron chi connectivity index (χ1n) is 5.06. The van der Waals surface area contributed by atoms with Gasteiger partial charge in [-0.3, -0.25) is 9.13 Å². The summed E-state index contributed by atoms with van der Waals surface area (Å²) in [6.07, 6.45) is 0. The normalized spacial score (nSPS) is 12.6. The summed E-state index contributed by atoms with van der Waals surface area (Å²) >= 11 is 0.